The van der Waals surface area contributed by atoms with E-state index in [1.54, 1.807) is 36.5 Å². The molecule has 0 saturated carbocycles. The van der Waals surface area contributed by atoms with Crippen LogP contribution in [0.15, 0.2) is 67.1 Å². The number of hydrogen-bond acceptors (Lipinski definition) is 4. The molecule has 154 valence electrons. The highest BCUT2D eigenvalue weighted by molar-refractivity contribution is 5.94. The van der Waals surface area contributed by atoms with Crippen molar-refractivity contribution in [3.05, 3.63) is 78.2 Å². The van der Waals surface area contributed by atoms with Crippen molar-refractivity contribution in [1.82, 2.24) is 15.3 Å². The van der Waals surface area contributed by atoms with E-state index in [4.69, 9.17) is 0 Å². The summed E-state index contributed by atoms with van der Waals surface area (Å²) in [5, 5.41) is 2.87. The van der Waals surface area contributed by atoms with Gasteiger partial charge in [0.05, 0.1) is 11.3 Å². The van der Waals surface area contributed by atoms with E-state index in [-0.39, 0.29) is 11.8 Å². The molecule has 0 spiro atoms. The normalized spacial score (nSPS) is 10.5. The number of amides is 2. The zero-order valence-electron chi connectivity index (χ0n) is 17.3. The number of rotatable bonds is 8. The van der Waals surface area contributed by atoms with Gasteiger partial charge in [-0.1, -0.05) is 31.5 Å². The van der Waals surface area contributed by atoms with Crippen LogP contribution in [0.4, 0.5) is 5.69 Å². The number of carbonyl (C=O) groups excluding carboxylic acids is 2. The molecular weight excluding hydrogens is 376 g/mol. The van der Waals surface area contributed by atoms with Crippen LogP contribution in [0.3, 0.4) is 0 Å². The van der Waals surface area contributed by atoms with Crippen LogP contribution >= 0.6 is 0 Å². The molecule has 0 radical (unpaired) electrons. The van der Waals surface area contributed by atoms with E-state index in [0.29, 0.717) is 18.7 Å². The van der Waals surface area contributed by atoms with Crippen LogP contribution in [0.5, 0.6) is 0 Å². The van der Waals surface area contributed by atoms with Crippen LogP contribution in [0.25, 0.3) is 11.3 Å². The van der Waals surface area contributed by atoms with Crippen LogP contribution < -0.4 is 10.2 Å². The number of nitrogens with one attached hydrogen (secondary N) is 1. The first-order valence-corrected chi connectivity index (χ1v) is 10.1. The highest BCUT2D eigenvalue weighted by Gasteiger charge is 2.11. The third-order valence-electron chi connectivity index (χ3n) is 4.79. The Morgan fingerprint density at radius 2 is 1.83 bits per heavy atom. The van der Waals surface area contributed by atoms with Crippen molar-refractivity contribution in [3.8, 4) is 11.3 Å². The van der Waals surface area contributed by atoms with Gasteiger partial charge in [0.1, 0.15) is 0 Å². The summed E-state index contributed by atoms with van der Waals surface area (Å²) < 4.78 is 0. The van der Waals surface area contributed by atoms with Gasteiger partial charge < -0.3 is 10.2 Å². The second-order valence-corrected chi connectivity index (χ2v) is 7.05. The van der Waals surface area contributed by atoms with E-state index >= 15 is 0 Å². The summed E-state index contributed by atoms with van der Waals surface area (Å²) in [4.78, 5) is 34.5. The number of anilines is 1. The van der Waals surface area contributed by atoms with Crippen LogP contribution in [0, 0.1) is 0 Å². The monoisotopic (exact) mass is 402 g/mol. The summed E-state index contributed by atoms with van der Waals surface area (Å²) >= 11 is 0. The van der Waals surface area contributed by atoms with Gasteiger partial charge in [-0.15, -0.1) is 0 Å². The Morgan fingerprint density at radius 3 is 2.43 bits per heavy atom. The van der Waals surface area contributed by atoms with Crippen molar-refractivity contribution >= 4 is 17.5 Å². The molecule has 3 rings (SSSR count). The maximum Gasteiger partial charge on any atom is 0.253 e. The zero-order chi connectivity index (χ0) is 21.3. The number of carbonyl (C=O) groups is 2. The van der Waals surface area contributed by atoms with Crippen LogP contribution in [-0.2, 0) is 11.3 Å². The smallest absolute Gasteiger partial charge is 0.253 e. The molecule has 3 aromatic rings. The minimum atomic E-state index is -0.179. The molecule has 0 atom stereocenters. The van der Waals surface area contributed by atoms with Crippen molar-refractivity contribution in [3.63, 3.8) is 0 Å². The summed E-state index contributed by atoms with van der Waals surface area (Å²) in [6, 6.07) is 15.1. The summed E-state index contributed by atoms with van der Waals surface area (Å²) in [5.74, 6) is -0.141. The minimum Gasteiger partial charge on any atom is -0.348 e. The molecule has 0 saturated heterocycles. The minimum absolute atomic E-state index is 0.0379. The SMILES string of the molecule is CCCCN(C(C)=O)c1ccc(-c2ccc(C(=O)NCc3cccnc3)cn2)cc1. The first kappa shape index (κ1) is 21.2. The fourth-order valence-electron chi connectivity index (χ4n) is 3.08. The molecule has 0 bridgehead atoms. The number of aromatic nitrogens is 2. The fraction of sp³-hybridized carbons (Fsp3) is 0.250. The Bertz CT molecular complexity index is 970. The highest BCUT2D eigenvalue weighted by atomic mass is 16.2. The lowest BCUT2D eigenvalue weighted by Crippen LogP contribution is -2.29. The van der Waals surface area contributed by atoms with E-state index < -0.39 is 0 Å². The molecule has 0 fully saturated rings. The molecule has 0 unspecified atom stereocenters. The van der Waals surface area contributed by atoms with Crippen molar-refractivity contribution in [2.24, 2.45) is 0 Å². The summed E-state index contributed by atoms with van der Waals surface area (Å²) in [5.41, 5.74) is 4.02. The Balaban J connectivity index is 1.65. The van der Waals surface area contributed by atoms with Gasteiger partial charge >= 0.3 is 0 Å². The average molecular weight is 402 g/mol. The van der Waals surface area contributed by atoms with Gasteiger partial charge in [-0.25, -0.2) is 0 Å². The number of nitrogens with zero attached hydrogens (tertiary/aromatic N) is 3. The lowest BCUT2D eigenvalue weighted by Gasteiger charge is -2.21. The first-order valence-electron chi connectivity index (χ1n) is 10.1. The molecule has 1 aromatic carbocycles. The summed E-state index contributed by atoms with van der Waals surface area (Å²) in [6.45, 7) is 4.83. The van der Waals surface area contributed by atoms with Crippen LogP contribution in [0.2, 0.25) is 0 Å². The van der Waals surface area contributed by atoms with E-state index in [2.05, 4.69) is 22.2 Å². The molecule has 0 aliphatic carbocycles. The summed E-state index contributed by atoms with van der Waals surface area (Å²) in [7, 11) is 0. The predicted octanol–water partition coefficient (Wildman–Crippen LogP) is 4.23. The quantitative estimate of drug-likeness (QED) is 0.612. The van der Waals surface area contributed by atoms with Crippen LogP contribution in [0.1, 0.15) is 42.6 Å². The first-order chi connectivity index (χ1) is 14.6. The van der Waals surface area contributed by atoms with Crippen LogP contribution in [-0.4, -0.2) is 28.3 Å². The molecule has 6 heteroatoms. The van der Waals surface area contributed by atoms with Gasteiger partial charge in [0.25, 0.3) is 5.91 Å². The number of pyridine rings is 2. The van der Waals surface area contributed by atoms with E-state index in [9.17, 15) is 9.59 Å². The largest absolute Gasteiger partial charge is 0.348 e. The molecule has 2 amide bonds. The molecule has 6 nitrogen and oxygen atoms in total. The molecule has 0 aliphatic heterocycles. The van der Waals surface area contributed by atoms with E-state index in [1.807, 2.05) is 42.5 Å². The topological polar surface area (TPSA) is 75.2 Å². The Hall–Kier alpha value is -3.54. The van der Waals surface area contributed by atoms with E-state index in [0.717, 1.165) is 35.3 Å². The third kappa shape index (κ3) is 5.50. The Labute approximate surface area is 177 Å². The average Bonchev–Trinajstić information content (AvgIpc) is 2.79. The Kier molecular flexibility index (Phi) is 7.27. The van der Waals surface area contributed by atoms with Gasteiger partial charge in [-0.2, -0.15) is 0 Å². The van der Waals surface area contributed by atoms with Gasteiger partial charge in [-0.05, 0) is 42.3 Å². The maximum atomic E-state index is 12.3. The number of unbranched alkanes of at least 4 members (excludes halogenated alkanes) is 1. The second-order valence-electron chi connectivity index (χ2n) is 7.05. The van der Waals surface area contributed by atoms with Gasteiger partial charge in [0, 0.05) is 49.9 Å². The molecular formula is C24H26N4O2. The summed E-state index contributed by atoms with van der Waals surface area (Å²) in [6.07, 6.45) is 7.00. The maximum absolute atomic E-state index is 12.3. The zero-order valence-corrected chi connectivity index (χ0v) is 17.3. The van der Waals surface area contributed by atoms with Gasteiger partial charge in [0.2, 0.25) is 5.91 Å². The molecule has 1 N–H and O–H groups in total. The van der Waals surface area contributed by atoms with Gasteiger partial charge in [-0.3, -0.25) is 19.6 Å². The fourth-order valence-corrected chi connectivity index (χ4v) is 3.08. The second kappa shape index (κ2) is 10.3. The number of benzene rings is 1. The standard InChI is InChI=1S/C24H26N4O2/c1-3-4-14-28(18(2)29)22-10-7-20(8-11-22)23-12-9-21(17-26-23)24(30)27-16-19-6-5-13-25-15-19/h5-13,15,17H,3-4,14,16H2,1-2H3,(H,27,30). The highest BCUT2D eigenvalue weighted by Crippen LogP contribution is 2.22. The molecule has 0 aliphatic rings. The molecule has 2 aromatic heterocycles. The molecule has 30 heavy (non-hydrogen) atoms. The lowest BCUT2D eigenvalue weighted by atomic mass is 10.1. The van der Waals surface area contributed by atoms with Crippen molar-refractivity contribution < 1.29 is 9.59 Å². The molecule has 2 heterocycles. The van der Waals surface area contributed by atoms with Crippen molar-refractivity contribution in [2.45, 2.75) is 33.2 Å². The van der Waals surface area contributed by atoms with Crippen molar-refractivity contribution in [1.29, 1.82) is 0 Å². The van der Waals surface area contributed by atoms with E-state index in [1.165, 1.54) is 0 Å². The van der Waals surface area contributed by atoms with Crippen molar-refractivity contribution in [2.75, 3.05) is 11.4 Å². The third-order valence-corrected chi connectivity index (χ3v) is 4.79. The van der Waals surface area contributed by atoms with Gasteiger partial charge in [0.15, 0.2) is 0 Å². The number of hydrogen-bond donors (Lipinski definition) is 1. The predicted molar refractivity (Wildman–Crippen MR) is 118 cm³/mol. The Morgan fingerprint density at radius 1 is 1.03 bits per heavy atom. The lowest BCUT2D eigenvalue weighted by molar-refractivity contribution is -0.116.